The van der Waals surface area contributed by atoms with E-state index in [2.05, 4.69) is 40.7 Å². The number of hydrogen-bond donors (Lipinski definition) is 2. The van der Waals surface area contributed by atoms with E-state index in [1.807, 2.05) is 54.6 Å². The van der Waals surface area contributed by atoms with E-state index >= 15 is 0 Å². The van der Waals surface area contributed by atoms with Gasteiger partial charge in [0.2, 0.25) is 17.7 Å². The number of hydrogen-bond acceptors (Lipinski definition) is 7. The van der Waals surface area contributed by atoms with E-state index in [9.17, 15) is 19.6 Å². The van der Waals surface area contributed by atoms with Gasteiger partial charge >= 0.3 is 0 Å². The molecule has 2 N–H and O–H groups in total. The SMILES string of the molecule is CC1(C)[C@@H]2[C@@H](C(=O)NC(C#N)c3nncc4ccccc34)N(C(=O)C(Cc3ccccc3)NC(=O)[C@H]3CCOC3)C[C@@H]21. The number of nitriles is 1. The minimum Gasteiger partial charge on any atom is -0.381 e. The van der Waals surface area contributed by atoms with E-state index in [1.165, 1.54) is 0 Å². The second kappa shape index (κ2) is 11.1. The van der Waals surface area contributed by atoms with Crippen LogP contribution in [0.5, 0.6) is 0 Å². The van der Waals surface area contributed by atoms with Gasteiger partial charge in [-0.3, -0.25) is 14.4 Å². The van der Waals surface area contributed by atoms with Crippen LogP contribution in [-0.2, 0) is 25.5 Å². The van der Waals surface area contributed by atoms with Crippen LogP contribution in [-0.4, -0.2) is 64.7 Å². The maximum atomic E-state index is 14.2. The molecule has 6 rings (SSSR count). The van der Waals surface area contributed by atoms with Crippen LogP contribution in [0.2, 0.25) is 0 Å². The molecule has 1 saturated carbocycles. The Morgan fingerprint density at radius 2 is 1.86 bits per heavy atom. The molecule has 42 heavy (non-hydrogen) atoms. The number of carbonyl (C=O) groups is 3. The maximum absolute atomic E-state index is 14.2. The Morgan fingerprint density at radius 3 is 2.60 bits per heavy atom. The predicted molar refractivity (Wildman–Crippen MR) is 153 cm³/mol. The van der Waals surface area contributed by atoms with Crippen LogP contribution in [0.4, 0.5) is 0 Å². The van der Waals surface area contributed by atoms with Crippen molar-refractivity contribution in [3.05, 3.63) is 72.1 Å². The highest BCUT2D eigenvalue weighted by Gasteiger charge is 2.69. The zero-order valence-electron chi connectivity index (χ0n) is 23.7. The van der Waals surface area contributed by atoms with Crippen molar-refractivity contribution < 1.29 is 19.1 Å². The molecule has 2 aromatic carbocycles. The fourth-order valence-electron chi connectivity index (χ4n) is 6.75. The van der Waals surface area contributed by atoms with E-state index in [0.29, 0.717) is 38.3 Å². The van der Waals surface area contributed by atoms with Gasteiger partial charge in [-0.25, -0.2) is 0 Å². The van der Waals surface area contributed by atoms with E-state index in [0.717, 1.165) is 16.3 Å². The first-order valence-corrected chi connectivity index (χ1v) is 14.4. The van der Waals surface area contributed by atoms with Gasteiger partial charge in [-0.1, -0.05) is 68.4 Å². The van der Waals surface area contributed by atoms with Crippen LogP contribution in [0.3, 0.4) is 0 Å². The molecule has 3 heterocycles. The number of carbonyl (C=O) groups excluding carboxylic acids is 3. The summed E-state index contributed by atoms with van der Waals surface area (Å²) in [5.74, 6) is -1.14. The van der Waals surface area contributed by atoms with Crippen LogP contribution in [0, 0.1) is 34.5 Å². The molecule has 3 amide bonds. The summed E-state index contributed by atoms with van der Waals surface area (Å²) in [6.45, 7) is 5.46. The summed E-state index contributed by atoms with van der Waals surface area (Å²) < 4.78 is 5.40. The van der Waals surface area contributed by atoms with Gasteiger partial charge in [-0.05, 0) is 29.2 Å². The highest BCUT2D eigenvalue weighted by molar-refractivity contribution is 5.94. The lowest BCUT2D eigenvalue weighted by Crippen LogP contribution is -2.57. The molecule has 6 atom stereocenters. The van der Waals surface area contributed by atoms with Gasteiger partial charge in [-0.2, -0.15) is 15.5 Å². The Balaban J connectivity index is 1.26. The van der Waals surface area contributed by atoms with Crippen LogP contribution in [0.15, 0.2) is 60.8 Å². The lowest BCUT2D eigenvalue weighted by molar-refractivity contribution is -0.143. The Kier molecular flexibility index (Phi) is 7.37. The number of piperidine rings is 1. The Bertz CT molecular complexity index is 1540. The fraction of sp³-hybridized carbons (Fsp3) is 0.438. The molecule has 3 aliphatic rings. The average Bonchev–Trinajstić information content (AvgIpc) is 3.46. The molecule has 10 heteroatoms. The first kappa shape index (κ1) is 27.8. The van der Waals surface area contributed by atoms with Crippen LogP contribution < -0.4 is 10.6 Å². The van der Waals surface area contributed by atoms with Gasteiger partial charge in [0.1, 0.15) is 17.8 Å². The van der Waals surface area contributed by atoms with Crippen molar-refractivity contribution in [3.8, 4) is 6.07 Å². The van der Waals surface area contributed by atoms with Gasteiger partial charge in [0, 0.05) is 30.3 Å². The summed E-state index contributed by atoms with van der Waals surface area (Å²) in [5, 5.41) is 25.7. The first-order valence-electron chi connectivity index (χ1n) is 14.4. The number of nitrogens with zero attached hydrogens (tertiary/aromatic N) is 4. The summed E-state index contributed by atoms with van der Waals surface area (Å²) >= 11 is 0. The van der Waals surface area contributed by atoms with Gasteiger partial charge in [0.05, 0.1) is 24.8 Å². The van der Waals surface area contributed by atoms with Crippen LogP contribution >= 0.6 is 0 Å². The number of nitrogens with one attached hydrogen (secondary N) is 2. The minimum absolute atomic E-state index is 0.0595. The van der Waals surface area contributed by atoms with Gasteiger partial charge < -0.3 is 20.3 Å². The molecule has 3 aromatic rings. The molecule has 0 spiro atoms. The first-order chi connectivity index (χ1) is 20.3. The van der Waals surface area contributed by atoms with E-state index in [1.54, 1.807) is 11.1 Å². The van der Waals surface area contributed by atoms with Crippen molar-refractivity contribution >= 4 is 28.5 Å². The van der Waals surface area contributed by atoms with E-state index in [4.69, 9.17) is 4.74 Å². The fourth-order valence-corrected chi connectivity index (χ4v) is 6.75. The Morgan fingerprint density at radius 1 is 1.10 bits per heavy atom. The monoisotopic (exact) mass is 566 g/mol. The summed E-state index contributed by atoms with van der Waals surface area (Å²) in [6, 6.07) is 16.5. The van der Waals surface area contributed by atoms with Gasteiger partial charge in [0.25, 0.3) is 0 Å². The summed E-state index contributed by atoms with van der Waals surface area (Å²) in [6.07, 6.45) is 2.52. The summed E-state index contributed by atoms with van der Waals surface area (Å²) in [7, 11) is 0. The molecule has 10 nitrogen and oxygen atoms in total. The quantitative estimate of drug-likeness (QED) is 0.428. The van der Waals surface area contributed by atoms with E-state index < -0.39 is 24.0 Å². The standard InChI is InChI=1S/C32H34N6O4/c1-32(2)23-17-38(31(41)24(14-19-8-4-3-5-9-19)35-29(39)21-12-13-42-18-21)28(26(23)32)30(40)36-25(15-33)27-22-11-7-6-10-20(22)16-34-37-27/h3-11,16,21,23-26,28H,12-14,17-18H2,1-2H3,(H,35,39)(H,36,40)/t21-,23-,24?,25?,26-,28-/m0/s1. The molecule has 0 bridgehead atoms. The van der Waals surface area contributed by atoms with Crippen molar-refractivity contribution in [2.24, 2.45) is 23.2 Å². The highest BCUT2D eigenvalue weighted by atomic mass is 16.5. The normalized spacial score (nSPS) is 25.2. The maximum Gasteiger partial charge on any atom is 0.246 e. The Labute approximate surface area is 244 Å². The third-order valence-corrected chi connectivity index (χ3v) is 9.25. The lowest BCUT2D eigenvalue weighted by Gasteiger charge is -2.33. The number of rotatable bonds is 8. The molecule has 1 aromatic heterocycles. The molecule has 1 aliphatic carbocycles. The third-order valence-electron chi connectivity index (χ3n) is 9.25. The van der Waals surface area contributed by atoms with E-state index in [-0.39, 0.29) is 35.0 Å². The van der Waals surface area contributed by atoms with Crippen molar-refractivity contribution in [3.63, 3.8) is 0 Å². The topological polar surface area (TPSA) is 137 Å². The van der Waals surface area contributed by atoms with Crippen molar-refractivity contribution in [1.82, 2.24) is 25.7 Å². The molecular formula is C32H34N6O4. The van der Waals surface area contributed by atoms with Gasteiger partial charge in [-0.15, -0.1) is 0 Å². The zero-order chi connectivity index (χ0) is 29.4. The predicted octanol–water partition coefficient (Wildman–Crippen LogP) is 2.56. The molecule has 3 fully saturated rings. The highest BCUT2D eigenvalue weighted by Crippen LogP contribution is 2.65. The summed E-state index contributed by atoms with van der Waals surface area (Å²) in [5.41, 5.74) is 1.14. The number of aromatic nitrogens is 2. The molecular weight excluding hydrogens is 532 g/mol. The van der Waals surface area contributed by atoms with Crippen molar-refractivity contribution in [1.29, 1.82) is 5.26 Å². The zero-order valence-corrected chi connectivity index (χ0v) is 23.7. The largest absolute Gasteiger partial charge is 0.381 e. The number of likely N-dealkylation sites (tertiary alicyclic amines) is 1. The summed E-state index contributed by atoms with van der Waals surface area (Å²) in [4.78, 5) is 42.9. The molecule has 2 unspecified atom stereocenters. The number of fused-ring (bicyclic) bond motifs is 2. The van der Waals surface area contributed by atoms with Crippen LogP contribution in [0.25, 0.3) is 10.8 Å². The lowest BCUT2D eigenvalue weighted by atomic mass is 9.97. The van der Waals surface area contributed by atoms with Crippen molar-refractivity contribution in [2.45, 2.75) is 44.8 Å². The molecule has 0 radical (unpaired) electrons. The minimum atomic E-state index is -1.05. The number of ether oxygens (including phenoxy) is 1. The molecule has 2 aliphatic heterocycles. The Hall–Kier alpha value is -4.36. The third kappa shape index (κ3) is 5.09. The van der Waals surface area contributed by atoms with Crippen LogP contribution in [0.1, 0.15) is 37.6 Å². The second-order valence-electron chi connectivity index (χ2n) is 12.1. The number of amides is 3. The second-order valence-corrected chi connectivity index (χ2v) is 12.1. The average molecular weight is 567 g/mol. The number of benzene rings is 2. The molecule has 2 saturated heterocycles. The molecule has 216 valence electrons. The smallest absolute Gasteiger partial charge is 0.246 e. The van der Waals surface area contributed by atoms with Gasteiger partial charge in [0.15, 0.2) is 6.04 Å². The van der Waals surface area contributed by atoms with Crippen molar-refractivity contribution in [2.75, 3.05) is 19.8 Å².